The summed E-state index contributed by atoms with van der Waals surface area (Å²) in [6, 6.07) is 9.96. The minimum absolute atomic E-state index is 0.000260. The van der Waals surface area contributed by atoms with E-state index in [1.165, 1.54) is 24.6 Å². The number of nitrogens with zero attached hydrogens (tertiary/aromatic N) is 1. The standard InChI is InChI=1S/C15H10N2O4/c18-14(11-8-21-12-6-2-1-4-9(11)12)17-13-10(15(19)20)5-3-7-16-13/h1-8H,(H,19,20)(H,16,17,18). The van der Waals surface area contributed by atoms with Gasteiger partial charge < -0.3 is 14.8 Å². The van der Waals surface area contributed by atoms with Crippen molar-refractivity contribution in [1.29, 1.82) is 0 Å². The number of rotatable bonds is 3. The topological polar surface area (TPSA) is 92.4 Å². The van der Waals surface area contributed by atoms with Gasteiger partial charge >= 0.3 is 5.97 Å². The molecule has 3 aromatic rings. The fraction of sp³-hybridized carbons (Fsp3) is 0. The Kier molecular flexibility index (Phi) is 3.12. The highest BCUT2D eigenvalue weighted by Crippen LogP contribution is 2.22. The van der Waals surface area contributed by atoms with E-state index in [2.05, 4.69) is 10.3 Å². The number of para-hydroxylation sites is 1. The van der Waals surface area contributed by atoms with E-state index in [-0.39, 0.29) is 11.4 Å². The number of nitrogens with one attached hydrogen (secondary N) is 1. The van der Waals surface area contributed by atoms with Gasteiger partial charge in [-0.05, 0) is 18.2 Å². The van der Waals surface area contributed by atoms with Crippen LogP contribution in [-0.4, -0.2) is 22.0 Å². The Morgan fingerprint density at radius 2 is 1.90 bits per heavy atom. The largest absolute Gasteiger partial charge is 0.478 e. The SMILES string of the molecule is O=C(O)c1cccnc1NC(=O)c1coc2ccccc12. The van der Waals surface area contributed by atoms with Crippen LogP contribution < -0.4 is 5.32 Å². The molecular formula is C15H10N2O4. The normalized spacial score (nSPS) is 10.5. The van der Waals surface area contributed by atoms with Crippen molar-refractivity contribution in [3.05, 3.63) is 60.0 Å². The number of aromatic nitrogens is 1. The van der Waals surface area contributed by atoms with Crippen LogP contribution in [0.4, 0.5) is 5.82 Å². The van der Waals surface area contributed by atoms with Gasteiger partial charge in [0.25, 0.3) is 5.91 Å². The van der Waals surface area contributed by atoms with E-state index in [0.717, 1.165) is 0 Å². The van der Waals surface area contributed by atoms with Crippen molar-refractivity contribution in [1.82, 2.24) is 4.98 Å². The first-order chi connectivity index (χ1) is 10.2. The lowest BCUT2D eigenvalue weighted by atomic mass is 10.1. The summed E-state index contributed by atoms with van der Waals surface area (Å²) in [5.41, 5.74) is 0.841. The summed E-state index contributed by atoms with van der Waals surface area (Å²) in [6.07, 6.45) is 2.75. The summed E-state index contributed by atoms with van der Waals surface area (Å²) in [6.45, 7) is 0. The van der Waals surface area contributed by atoms with Crippen molar-refractivity contribution in [2.75, 3.05) is 5.32 Å². The number of carboxylic acids is 1. The van der Waals surface area contributed by atoms with E-state index < -0.39 is 11.9 Å². The van der Waals surface area contributed by atoms with Crippen LogP contribution in [0.1, 0.15) is 20.7 Å². The summed E-state index contributed by atoms with van der Waals surface area (Å²) >= 11 is 0. The zero-order chi connectivity index (χ0) is 14.8. The molecule has 1 amide bonds. The number of hydrogen-bond acceptors (Lipinski definition) is 4. The van der Waals surface area contributed by atoms with Gasteiger partial charge in [0.2, 0.25) is 0 Å². The van der Waals surface area contributed by atoms with E-state index in [9.17, 15) is 9.59 Å². The van der Waals surface area contributed by atoms with Gasteiger partial charge in [-0.2, -0.15) is 0 Å². The Morgan fingerprint density at radius 3 is 2.71 bits per heavy atom. The van der Waals surface area contributed by atoms with E-state index in [4.69, 9.17) is 9.52 Å². The molecule has 2 heterocycles. The molecule has 0 radical (unpaired) electrons. The lowest BCUT2D eigenvalue weighted by molar-refractivity contribution is 0.0697. The number of furan rings is 1. The molecule has 0 saturated carbocycles. The monoisotopic (exact) mass is 282 g/mol. The van der Waals surface area contributed by atoms with Crippen molar-refractivity contribution in [3.63, 3.8) is 0 Å². The maximum Gasteiger partial charge on any atom is 0.339 e. The van der Waals surface area contributed by atoms with Crippen LogP contribution in [0, 0.1) is 0 Å². The number of carboxylic acid groups (broad SMARTS) is 1. The zero-order valence-electron chi connectivity index (χ0n) is 10.7. The number of anilines is 1. The van der Waals surface area contributed by atoms with Crippen molar-refractivity contribution >= 4 is 28.7 Å². The number of pyridine rings is 1. The van der Waals surface area contributed by atoms with Crippen molar-refractivity contribution in [2.45, 2.75) is 0 Å². The van der Waals surface area contributed by atoms with Gasteiger partial charge in [-0.3, -0.25) is 4.79 Å². The Morgan fingerprint density at radius 1 is 1.10 bits per heavy atom. The molecule has 0 bridgehead atoms. The number of carbonyl (C=O) groups is 2. The first kappa shape index (κ1) is 12.9. The molecule has 2 aromatic heterocycles. The highest BCUT2D eigenvalue weighted by molar-refractivity contribution is 6.13. The number of aromatic carboxylic acids is 1. The molecule has 0 spiro atoms. The van der Waals surface area contributed by atoms with E-state index in [1.807, 2.05) is 0 Å². The Labute approximate surface area is 119 Å². The minimum atomic E-state index is -1.16. The molecule has 0 aliphatic carbocycles. The van der Waals surface area contributed by atoms with Crippen LogP contribution in [-0.2, 0) is 0 Å². The molecule has 3 rings (SSSR count). The maximum atomic E-state index is 12.3. The van der Waals surface area contributed by atoms with Gasteiger partial charge in [0.05, 0.1) is 5.56 Å². The fourth-order valence-corrected chi connectivity index (χ4v) is 2.01. The second-order valence-corrected chi connectivity index (χ2v) is 4.30. The third-order valence-electron chi connectivity index (χ3n) is 3.00. The molecule has 1 aromatic carbocycles. The summed E-state index contributed by atoms with van der Waals surface area (Å²) in [5, 5.41) is 12.2. The molecule has 2 N–H and O–H groups in total. The summed E-state index contributed by atoms with van der Waals surface area (Å²) in [7, 11) is 0. The molecule has 0 fully saturated rings. The average molecular weight is 282 g/mol. The van der Waals surface area contributed by atoms with Crippen LogP contribution >= 0.6 is 0 Å². The molecule has 0 atom stereocenters. The zero-order valence-corrected chi connectivity index (χ0v) is 10.7. The molecule has 0 aliphatic heterocycles. The van der Waals surface area contributed by atoms with Crippen molar-refractivity contribution < 1.29 is 19.1 Å². The second kappa shape index (κ2) is 5.09. The third kappa shape index (κ3) is 2.34. The van der Waals surface area contributed by atoms with Gasteiger partial charge in [-0.25, -0.2) is 9.78 Å². The van der Waals surface area contributed by atoms with Gasteiger partial charge in [0.15, 0.2) is 0 Å². The lowest BCUT2D eigenvalue weighted by Gasteiger charge is -2.05. The lowest BCUT2D eigenvalue weighted by Crippen LogP contribution is -2.15. The van der Waals surface area contributed by atoms with E-state index in [1.54, 1.807) is 24.3 Å². The van der Waals surface area contributed by atoms with Gasteiger partial charge in [-0.15, -0.1) is 0 Å². The number of hydrogen-bond donors (Lipinski definition) is 2. The first-order valence-corrected chi connectivity index (χ1v) is 6.12. The number of amides is 1. The highest BCUT2D eigenvalue weighted by Gasteiger charge is 2.17. The minimum Gasteiger partial charge on any atom is -0.478 e. The Bertz CT molecular complexity index is 838. The predicted molar refractivity (Wildman–Crippen MR) is 75.4 cm³/mol. The summed E-state index contributed by atoms with van der Waals surface area (Å²) < 4.78 is 5.29. The molecule has 0 unspecified atom stereocenters. The summed E-state index contributed by atoms with van der Waals surface area (Å²) in [5.74, 6) is -1.63. The van der Waals surface area contributed by atoms with E-state index in [0.29, 0.717) is 16.5 Å². The Balaban J connectivity index is 1.96. The molecule has 6 nitrogen and oxygen atoms in total. The van der Waals surface area contributed by atoms with Crippen LogP contribution in [0.3, 0.4) is 0 Å². The third-order valence-corrected chi connectivity index (χ3v) is 3.00. The summed E-state index contributed by atoms with van der Waals surface area (Å²) in [4.78, 5) is 27.2. The van der Waals surface area contributed by atoms with Crippen LogP contribution in [0.2, 0.25) is 0 Å². The second-order valence-electron chi connectivity index (χ2n) is 4.30. The highest BCUT2D eigenvalue weighted by atomic mass is 16.4. The molecule has 21 heavy (non-hydrogen) atoms. The molecular weight excluding hydrogens is 272 g/mol. The number of benzene rings is 1. The van der Waals surface area contributed by atoms with Crippen molar-refractivity contribution in [3.8, 4) is 0 Å². The van der Waals surface area contributed by atoms with Gasteiger partial charge in [-0.1, -0.05) is 18.2 Å². The van der Waals surface area contributed by atoms with Gasteiger partial charge in [0.1, 0.15) is 23.2 Å². The van der Waals surface area contributed by atoms with Crippen LogP contribution in [0.25, 0.3) is 11.0 Å². The molecule has 0 aliphatic rings. The smallest absolute Gasteiger partial charge is 0.339 e. The predicted octanol–water partition coefficient (Wildman–Crippen LogP) is 2.78. The fourth-order valence-electron chi connectivity index (χ4n) is 2.01. The first-order valence-electron chi connectivity index (χ1n) is 6.12. The molecule has 104 valence electrons. The quantitative estimate of drug-likeness (QED) is 0.770. The molecule has 0 saturated heterocycles. The number of fused-ring (bicyclic) bond motifs is 1. The average Bonchev–Trinajstić information content (AvgIpc) is 2.91. The van der Waals surface area contributed by atoms with Crippen molar-refractivity contribution in [2.24, 2.45) is 0 Å². The van der Waals surface area contributed by atoms with Crippen LogP contribution in [0.5, 0.6) is 0 Å². The Hall–Kier alpha value is -3.15. The van der Waals surface area contributed by atoms with E-state index >= 15 is 0 Å². The van der Waals surface area contributed by atoms with Gasteiger partial charge in [0, 0.05) is 11.6 Å². The molecule has 6 heteroatoms. The number of carbonyl (C=O) groups excluding carboxylic acids is 1. The maximum absolute atomic E-state index is 12.3. The van der Waals surface area contributed by atoms with Crippen LogP contribution in [0.15, 0.2) is 53.3 Å².